The van der Waals surface area contributed by atoms with Gasteiger partial charge in [0.15, 0.2) is 0 Å². The van der Waals surface area contributed by atoms with Crippen LogP contribution in [-0.2, 0) is 22.6 Å². The summed E-state index contributed by atoms with van der Waals surface area (Å²) < 4.78 is 0. The molecule has 2 saturated heterocycles. The lowest BCUT2D eigenvalue weighted by atomic mass is 9.71. The number of piperidine rings is 2. The zero-order chi connectivity index (χ0) is 17.2. The molecule has 2 fully saturated rings. The van der Waals surface area contributed by atoms with Crippen LogP contribution in [0, 0.1) is 5.41 Å². The first kappa shape index (κ1) is 16.9. The second-order valence-corrected chi connectivity index (χ2v) is 6.92. The molecule has 2 heterocycles. The summed E-state index contributed by atoms with van der Waals surface area (Å²) in [4.78, 5) is 25.3. The highest BCUT2D eigenvalue weighted by atomic mass is 16.4. The Bertz CT molecular complexity index is 616. The minimum Gasteiger partial charge on any atom is -0.481 e. The standard InChI is InChI=1S/C18H24N2O4/c21-15-6-9-20(12-18(15)7-1-8-19-17(18)24)11-14-4-2-13(3-5-14)10-16(22)23/h2-5,15,21H,1,6-12H2,(H,19,24)(H,22,23)/t15-,18-/m1/s1. The third kappa shape index (κ3) is 3.44. The van der Waals surface area contributed by atoms with E-state index >= 15 is 0 Å². The summed E-state index contributed by atoms with van der Waals surface area (Å²) in [6.07, 6.45) is 1.69. The smallest absolute Gasteiger partial charge is 0.307 e. The van der Waals surface area contributed by atoms with Crippen molar-refractivity contribution < 1.29 is 19.8 Å². The van der Waals surface area contributed by atoms with E-state index in [1.165, 1.54) is 0 Å². The number of hydrogen-bond donors (Lipinski definition) is 3. The van der Waals surface area contributed by atoms with E-state index in [0.29, 0.717) is 26.1 Å². The molecule has 1 spiro atoms. The first-order valence-electron chi connectivity index (χ1n) is 8.48. The van der Waals surface area contributed by atoms with Crippen molar-refractivity contribution >= 4 is 11.9 Å². The highest BCUT2D eigenvalue weighted by molar-refractivity contribution is 5.84. The van der Waals surface area contributed by atoms with Crippen LogP contribution in [0.3, 0.4) is 0 Å². The summed E-state index contributed by atoms with van der Waals surface area (Å²) in [5.41, 5.74) is 1.19. The van der Waals surface area contributed by atoms with E-state index in [0.717, 1.165) is 30.5 Å². The fourth-order valence-electron chi connectivity index (χ4n) is 3.86. The van der Waals surface area contributed by atoms with Gasteiger partial charge in [0.05, 0.1) is 17.9 Å². The molecule has 0 unspecified atom stereocenters. The molecule has 2 aliphatic rings. The average molecular weight is 332 g/mol. The van der Waals surface area contributed by atoms with Gasteiger partial charge in [-0.1, -0.05) is 24.3 Å². The van der Waals surface area contributed by atoms with Gasteiger partial charge < -0.3 is 15.5 Å². The molecule has 0 bridgehead atoms. The number of carboxylic acid groups (broad SMARTS) is 1. The predicted octanol–water partition coefficient (Wildman–Crippen LogP) is 0.777. The Balaban J connectivity index is 1.67. The molecule has 1 aromatic rings. The lowest BCUT2D eigenvalue weighted by Crippen LogP contribution is -2.61. The topological polar surface area (TPSA) is 89.9 Å². The number of aliphatic hydroxyl groups excluding tert-OH is 1. The van der Waals surface area contributed by atoms with Crippen molar-refractivity contribution in [2.45, 2.75) is 38.3 Å². The van der Waals surface area contributed by atoms with Crippen LogP contribution in [0.5, 0.6) is 0 Å². The lowest BCUT2D eigenvalue weighted by molar-refractivity contribution is -0.149. The quantitative estimate of drug-likeness (QED) is 0.758. The molecule has 3 rings (SSSR count). The second-order valence-electron chi connectivity index (χ2n) is 6.92. The number of benzene rings is 1. The highest BCUT2D eigenvalue weighted by Crippen LogP contribution is 2.37. The van der Waals surface area contributed by atoms with Gasteiger partial charge in [0, 0.05) is 26.2 Å². The number of amides is 1. The molecule has 24 heavy (non-hydrogen) atoms. The fraction of sp³-hybridized carbons (Fsp3) is 0.556. The number of rotatable bonds is 4. The maximum Gasteiger partial charge on any atom is 0.307 e. The molecule has 130 valence electrons. The molecule has 0 saturated carbocycles. The van der Waals surface area contributed by atoms with Gasteiger partial charge in [0.2, 0.25) is 5.91 Å². The van der Waals surface area contributed by atoms with Crippen molar-refractivity contribution in [1.29, 1.82) is 0 Å². The Kier molecular flexibility index (Phi) is 4.87. The minimum absolute atomic E-state index is 0.0252. The van der Waals surface area contributed by atoms with Gasteiger partial charge in [-0.25, -0.2) is 0 Å². The van der Waals surface area contributed by atoms with Gasteiger partial charge in [0.25, 0.3) is 0 Å². The van der Waals surface area contributed by atoms with Gasteiger partial charge in [-0.05, 0) is 30.4 Å². The van der Waals surface area contributed by atoms with Gasteiger partial charge in [-0.15, -0.1) is 0 Å². The Morgan fingerprint density at radius 3 is 2.67 bits per heavy atom. The largest absolute Gasteiger partial charge is 0.481 e. The second kappa shape index (κ2) is 6.91. The van der Waals surface area contributed by atoms with Crippen LogP contribution in [-0.4, -0.2) is 52.7 Å². The summed E-state index contributed by atoms with van der Waals surface area (Å²) >= 11 is 0. The summed E-state index contributed by atoms with van der Waals surface area (Å²) in [7, 11) is 0. The molecule has 6 heteroatoms. The number of carbonyl (C=O) groups excluding carboxylic acids is 1. The number of carbonyl (C=O) groups is 2. The number of nitrogens with one attached hydrogen (secondary N) is 1. The third-order valence-electron chi connectivity index (χ3n) is 5.18. The van der Waals surface area contributed by atoms with E-state index in [1.54, 1.807) is 0 Å². The molecule has 3 N–H and O–H groups in total. The van der Waals surface area contributed by atoms with E-state index in [2.05, 4.69) is 10.2 Å². The molecule has 6 nitrogen and oxygen atoms in total. The van der Waals surface area contributed by atoms with Gasteiger partial charge in [-0.2, -0.15) is 0 Å². The monoisotopic (exact) mass is 332 g/mol. The van der Waals surface area contributed by atoms with Crippen molar-refractivity contribution in [3.8, 4) is 0 Å². The van der Waals surface area contributed by atoms with E-state index in [4.69, 9.17) is 5.11 Å². The normalized spacial score (nSPS) is 27.9. The molecule has 1 aromatic carbocycles. The van der Waals surface area contributed by atoms with Crippen LogP contribution in [0.15, 0.2) is 24.3 Å². The Labute approximate surface area is 141 Å². The molecule has 2 atom stereocenters. The predicted molar refractivity (Wildman–Crippen MR) is 88.4 cm³/mol. The summed E-state index contributed by atoms with van der Waals surface area (Å²) in [6, 6.07) is 7.56. The zero-order valence-electron chi connectivity index (χ0n) is 13.7. The van der Waals surface area contributed by atoms with Crippen molar-refractivity contribution in [3.63, 3.8) is 0 Å². The van der Waals surface area contributed by atoms with Crippen LogP contribution in [0.25, 0.3) is 0 Å². The summed E-state index contributed by atoms with van der Waals surface area (Å²) in [5, 5.41) is 22.1. The maximum atomic E-state index is 12.4. The SMILES string of the molecule is O=C(O)Cc1ccc(CN2CC[C@@H](O)[C@@]3(CCCNC3=O)C2)cc1. The van der Waals surface area contributed by atoms with Crippen molar-refractivity contribution in [3.05, 3.63) is 35.4 Å². The Hall–Kier alpha value is -1.92. The molecule has 1 amide bonds. The molecule has 0 radical (unpaired) electrons. The number of aliphatic carboxylic acids is 1. The average Bonchev–Trinajstić information content (AvgIpc) is 2.55. The zero-order valence-corrected chi connectivity index (χ0v) is 13.7. The molecular formula is C18H24N2O4. The molecular weight excluding hydrogens is 308 g/mol. The van der Waals surface area contributed by atoms with Crippen LogP contribution < -0.4 is 5.32 Å². The highest BCUT2D eigenvalue weighted by Gasteiger charge is 2.49. The van der Waals surface area contributed by atoms with Crippen LogP contribution in [0.4, 0.5) is 0 Å². The summed E-state index contributed by atoms with van der Waals surface area (Å²) in [5.74, 6) is -0.860. The maximum absolute atomic E-state index is 12.4. The summed E-state index contributed by atoms with van der Waals surface area (Å²) in [6.45, 7) is 2.72. The molecule has 0 aliphatic carbocycles. The third-order valence-corrected chi connectivity index (χ3v) is 5.18. The van der Waals surface area contributed by atoms with Gasteiger partial charge in [-0.3, -0.25) is 14.5 Å². The lowest BCUT2D eigenvalue weighted by Gasteiger charge is -2.47. The molecule has 2 aliphatic heterocycles. The van der Waals surface area contributed by atoms with E-state index in [-0.39, 0.29) is 12.3 Å². The van der Waals surface area contributed by atoms with Crippen LogP contribution in [0.1, 0.15) is 30.4 Å². The van der Waals surface area contributed by atoms with Crippen molar-refractivity contribution in [2.75, 3.05) is 19.6 Å². The first-order chi connectivity index (χ1) is 11.5. The minimum atomic E-state index is -0.835. The Morgan fingerprint density at radius 2 is 2.00 bits per heavy atom. The Morgan fingerprint density at radius 1 is 1.29 bits per heavy atom. The number of likely N-dealkylation sites (tertiary alicyclic amines) is 1. The van der Waals surface area contributed by atoms with Crippen LogP contribution in [0.2, 0.25) is 0 Å². The number of carboxylic acids is 1. The van der Waals surface area contributed by atoms with E-state index < -0.39 is 17.5 Å². The number of nitrogens with zero attached hydrogens (tertiary/aromatic N) is 1. The fourth-order valence-corrected chi connectivity index (χ4v) is 3.86. The van der Waals surface area contributed by atoms with E-state index in [9.17, 15) is 14.7 Å². The van der Waals surface area contributed by atoms with Gasteiger partial charge in [0.1, 0.15) is 0 Å². The van der Waals surface area contributed by atoms with Crippen molar-refractivity contribution in [2.24, 2.45) is 5.41 Å². The first-order valence-corrected chi connectivity index (χ1v) is 8.48. The number of hydrogen-bond acceptors (Lipinski definition) is 4. The van der Waals surface area contributed by atoms with E-state index in [1.807, 2.05) is 24.3 Å². The van der Waals surface area contributed by atoms with Crippen LogP contribution >= 0.6 is 0 Å². The van der Waals surface area contributed by atoms with Crippen molar-refractivity contribution in [1.82, 2.24) is 10.2 Å². The van der Waals surface area contributed by atoms with Gasteiger partial charge >= 0.3 is 5.97 Å². The molecule has 0 aromatic heterocycles. The number of aliphatic hydroxyl groups is 1.